The standard InChI is InChI=1S/C14H14ClNOS/c15-12-6-5-11(18-12)14(17)13-10-4-2-1-3-9(10)7-8-16-13/h1-6,13-14,16-17H,7-8H2. The van der Waals surface area contributed by atoms with Crippen molar-refractivity contribution < 1.29 is 5.11 Å². The maximum Gasteiger partial charge on any atom is 0.108 e. The van der Waals surface area contributed by atoms with Gasteiger partial charge in [0, 0.05) is 4.88 Å². The van der Waals surface area contributed by atoms with Crippen LogP contribution in [0.3, 0.4) is 0 Å². The van der Waals surface area contributed by atoms with Gasteiger partial charge in [-0.1, -0.05) is 35.9 Å². The summed E-state index contributed by atoms with van der Waals surface area (Å²) in [5.74, 6) is 0. The van der Waals surface area contributed by atoms with E-state index in [-0.39, 0.29) is 6.04 Å². The molecule has 0 fully saturated rings. The monoisotopic (exact) mass is 279 g/mol. The summed E-state index contributed by atoms with van der Waals surface area (Å²) in [6.07, 6.45) is 0.480. The Kier molecular flexibility index (Phi) is 3.39. The Morgan fingerprint density at radius 2 is 2.11 bits per heavy atom. The number of hydrogen-bond acceptors (Lipinski definition) is 3. The normalized spacial score (nSPS) is 20.4. The van der Waals surface area contributed by atoms with E-state index in [1.165, 1.54) is 22.5 Å². The first-order valence-corrected chi connectivity index (χ1v) is 7.19. The second-order valence-corrected chi connectivity index (χ2v) is 6.21. The van der Waals surface area contributed by atoms with Gasteiger partial charge >= 0.3 is 0 Å². The Morgan fingerprint density at radius 3 is 2.89 bits per heavy atom. The fourth-order valence-electron chi connectivity index (χ4n) is 2.47. The summed E-state index contributed by atoms with van der Waals surface area (Å²) in [4.78, 5) is 0.911. The Morgan fingerprint density at radius 1 is 1.28 bits per heavy atom. The van der Waals surface area contributed by atoms with Gasteiger partial charge in [0.15, 0.2) is 0 Å². The summed E-state index contributed by atoms with van der Waals surface area (Å²) in [5.41, 5.74) is 2.52. The molecular formula is C14H14ClNOS. The van der Waals surface area contributed by atoms with Crippen molar-refractivity contribution in [3.63, 3.8) is 0 Å². The predicted molar refractivity (Wildman–Crippen MR) is 75.2 cm³/mol. The number of aliphatic hydroxyl groups is 1. The quantitative estimate of drug-likeness (QED) is 0.884. The largest absolute Gasteiger partial charge is 0.386 e. The Labute approximate surface area is 115 Å². The number of halogens is 1. The molecule has 0 radical (unpaired) electrons. The number of aliphatic hydroxyl groups excluding tert-OH is 1. The molecule has 2 aromatic rings. The fourth-order valence-corrected chi connectivity index (χ4v) is 3.56. The molecule has 1 aliphatic heterocycles. The van der Waals surface area contributed by atoms with Crippen LogP contribution in [0.2, 0.25) is 4.34 Å². The van der Waals surface area contributed by atoms with E-state index in [2.05, 4.69) is 23.5 Å². The summed E-state index contributed by atoms with van der Waals surface area (Å²) in [7, 11) is 0. The molecule has 0 amide bonds. The Bertz CT molecular complexity index is 554. The van der Waals surface area contributed by atoms with Gasteiger partial charge < -0.3 is 10.4 Å². The zero-order chi connectivity index (χ0) is 12.5. The van der Waals surface area contributed by atoms with Gasteiger partial charge in [-0.15, -0.1) is 11.3 Å². The second kappa shape index (κ2) is 5.02. The lowest BCUT2D eigenvalue weighted by Crippen LogP contribution is -2.33. The molecular weight excluding hydrogens is 266 g/mol. The molecule has 0 saturated carbocycles. The van der Waals surface area contributed by atoms with Gasteiger partial charge in [0.05, 0.1) is 10.4 Å². The molecule has 4 heteroatoms. The number of fused-ring (bicyclic) bond motifs is 1. The van der Waals surface area contributed by atoms with Crippen LogP contribution in [0.5, 0.6) is 0 Å². The zero-order valence-electron chi connectivity index (χ0n) is 9.77. The first kappa shape index (κ1) is 12.2. The van der Waals surface area contributed by atoms with Gasteiger partial charge in [-0.3, -0.25) is 0 Å². The number of benzene rings is 1. The molecule has 1 aromatic heterocycles. The van der Waals surface area contributed by atoms with Crippen LogP contribution in [0.1, 0.15) is 28.1 Å². The van der Waals surface area contributed by atoms with E-state index in [1.807, 2.05) is 18.2 Å². The molecule has 2 heterocycles. The van der Waals surface area contributed by atoms with Gasteiger partial charge in [-0.25, -0.2) is 0 Å². The van der Waals surface area contributed by atoms with Crippen molar-refractivity contribution in [1.29, 1.82) is 0 Å². The van der Waals surface area contributed by atoms with Crippen molar-refractivity contribution >= 4 is 22.9 Å². The molecule has 18 heavy (non-hydrogen) atoms. The Hall–Kier alpha value is -0.870. The molecule has 0 bridgehead atoms. The topological polar surface area (TPSA) is 32.3 Å². The molecule has 3 rings (SSSR count). The van der Waals surface area contributed by atoms with Crippen molar-refractivity contribution in [1.82, 2.24) is 5.32 Å². The van der Waals surface area contributed by atoms with E-state index in [0.717, 1.165) is 17.8 Å². The van der Waals surface area contributed by atoms with Gasteiger partial charge in [-0.05, 0) is 36.2 Å². The molecule has 2 atom stereocenters. The molecule has 1 aromatic carbocycles. The highest BCUT2D eigenvalue weighted by molar-refractivity contribution is 7.16. The van der Waals surface area contributed by atoms with Crippen LogP contribution in [0, 0.1) is 0 Å². The van der Waals surface area contributed by atoms with E-state index in [9.17, 15) is 5.11 Å². The highest BCUT2D eigenvalue weighted by Gasteiger charge is 2.27. The van der Waals surface area contributed by atoms with Crippen LogP contribution in [-0.4, -0.2) is 11.7 Å². The lowest BCUT2D eigenvalue weighted by Gasteiger charge is -2.30. The minimum atomic E-state index is -0.538. The highest BCUT2D eigenvalue weighted by atomic mass is 35.5. The number of thiophene rings is 1. The van der Waals surface area contributed by atoms with Crippen LogP contribution in [0.4, 0.5) is 0 Å². The van der Waals surface area contributed by atoms with Crippen LogP contribution in [-0.2, 0) is 6.42 Å². The van der Waals surface area contributed by atoms with E-state index in [1.54, 1.807) is 0 Å². The van der Waals surface area contributed by atoms with Crippen molar-refractivity contribution in [2.24, 2.45) is 0 Å². The van der Waals surface area contributed by atoms with Gasteiger partial charge in [-0.2, -0.15) is 0 Å². The van der Waals surface area contributed by atoms with E-state index in [0.29, 0.717) is 4.34 Å². The SMILES string of the molecule is OC(c1ccc(Cl)s1)C1NCCc2ccccc21. The molecule has 0 saturated heterocycles. The molecule has 94 valence electrons. The smallest absolute Gasteiger partial charge is 0.108 e. The number of hydrogen-bond donors (Lipinski definition) is 2. The molecule has 1 aliphatic rings. The average Bonchev–Trinajstić information content (AvgIpc) is 2.84. The van der Waals surface area contributed by atoms with E-state index in [4.69, 9.17) is 11.6 Å². The maximum absolute atomic E-state index is 10.5. The first-order chi connectivity index (χ1) is 8.75. The van der Waals surface area contributed by atoms with E-state index >= 15 is 0 Å². The van der Waals surface area contributed by atoms with Crippen LogP contribution in [0.25, 0.3) is 0 Å². The molecule has 2 unspecified atom stereocenters. The lowest BCUT2D eigenvalue weighted by atomic mass is 9.91. The van der Waals surface area contributed by atoms with Crippen molar-refractivity contribution in [2.45, 2.75) is 18.6 Å². The maximum atomic E-state index is 10.5. The van der Waals surface area contributed by atoms with Crippen molar-refractivity contribution in [2.75, 3.05) is 6.54 Å². The first-order valence-electron chi connectivity index (χ1n) is 6.00. The molecule has 0 aliphatic carbocycles. The van der Waals surface area contributed by atoms with Crippen LogP contribution in [0.15, 0.2) is 36.4 Å². The predicted octanol–water partition coefficient (Wildman–Crippen LogP) is 3.32. The Balaban J connectivity index is 1.94. The fraction of sp³-hybridized carbons (Fsp3) is 0.286. The number of nitrogens with one attached hydrogen (secondary N) is 1. The highest BCUT2D eigenvalue weighted by Crippen LogP contribution is 2.37. The average molecular weight is 280 g/mol. The molecule has 2 nitrogen and oxygen atoms in total. The van der Waals surface area contributed by atoms with E-state index < -0.39 is 6.10 Å². The second-order valence-electron chi connectivity index (χ2n) is 4.47. The third-order valence-electron chi connectivity index (χ3n) is 3.35. The van der Waals surface area contributed by atoms with Gasteiger partial charge in [0.1, 0.15) is 6.10 Å². The van der Waals surface area contributed by atoms with Crippen LogP contribution >= 0.6 is 22.9 Å². The zero-order valence-corrected chi connectivity index (χ0v) is 11.3. The summed E-state index contributed by atoms with van der Waals surface area (Å²) in [6, 6.07) is 12.0. The molecule has 0 spiro atoms. The van der Waals surface area contributed by atoms with Crippen molar-refractivity contribution in [3.05, 3.63) is 56.7 Å². The van der Waals surface area contributed by atoms with Crippen molar-refractivity contribution in [3.8, 4) is 0 Å². The van der Waals surface area contributed by atoms with Crippen LogP contribution < -0.4 is 5.32 Å². The van der Waals surface area contributed by atoms with Gasteiger partial charge in [0.25, 0.3) is 0 Å². The summed E-state index contributed by atoms with van der Waals surface area (Å²) >= 11 is 7.37. The molecule has 2 N–H and O–H groups in total. The third kappa shape index (κ3) is 2.19. The summed E-state index contributed by atoms with van der Waals surface area (Å²) < 4.78 is 0.716. The van der Waals surface area contributed by atoms with Gasteiger partial charge in [0.2, 0.25) is 0 Å². The summed E-state index contributed by atoms with van der Waals surface area (Å²) in [5, 5.41) is 13.9. The summed E-state index contributed by atoms with van der Waals surface area (Å²) in [6.45, 7) is 0.901. The third-order valence-corrected chi connectivity index (χ3v) is 4.65. The lowest BCUT2D eigenvalue weighted by molar-refractivity contribution is 0.129. The number of rotatable bonds is 2. The minimum absolute atomic E-state index is 0.0373. The minimum Gasteiger partial charge on any atom is -0.386 e.